The number of carbonyl (C=O) groups is 1. The van der Waals surface area contributed by atoms with E-state index in [0.29, 0.717) is 37.3 Å². The summed E-state index contributed by atoms with van der Waals surface area (Å²) in [5, 5.41) is 9.50. The molecule has 0 spiro atoms. The van der Waals surface area contributed by atoms with Gasteiger partial charge in [-0.15, -0.1) is 0 Å². The van der Waals surface area contributed by atoms with Crippen LogP contribution in [0.3, 0.4) is 0 Å². The van der Waals surface area contributed by atoms with E-state index < -0.39 is 5.41 Å². The van der Waals surface area contributed by atoms with Crippen molar-refractivity contribution in [3.05, 3.63) is 29.6 Å². The maximum Gasteiger partial charge on any atom is 0.231 e. The van der Waals surface area contributed by atoms with Gasteiger partial charge in [0.2, 0.25) is 5.91 Å². The number of ether oxygens (including phenoxy) is 1. The molecule has 0 atom stereocenters. The van der Waals surface area contributed by atoms with Crippen LogP contribution in [0.2, 0.25) is 0 Å². The molecule has 1 heterocycles. The van der Waals surface area contributed by atoms with Crippen molar-refractivity contribution >= 4 is 5.91 Å². The SMILES string of the molecule is O=C(N1CCOc2cccc(F)c2C1)C1(CO)CCC1. The van der Waals surface area contributed by atoms with Crippen molar-refractivity contribution in [2.45, 2.75) is 25.8 Å². The molecule has 5 heteroatoms. The molecule has 0 bridgehead atoms. The zero-order valence-electron chi connectivity index (χ0n) is 11.3. The standard InChI is InChI=1S/C15H18FNO3/c16-12-3-1-4-13-11(12)9-17(7-8-20-13)14(19)15(10-18)5-2-6-15/h1,3-4,18H,2,5-10H2. The Morgan fingerprint density at radius 1 is 1.45 bits per heavy atom. The quantitative estimate of drug-likeness (QED) is 0.896. The van der Waals surface area contributed by atoms with E-state index in [0.717, 1.165) is 6.42 Å². The molecule has 1 aliphatic carbocycles. The lowest BCUT2D eigenvalue weighted by molar-refractivity contribution is -0.151. The van der Waals surface area contributed by atoms with Gasteiger partial charge in [0.05, 0.1) is 25.1 Å². The molecule has 1 aromatic rings. The Kier molecular flexibility index (Phi) is 3.38. The molecule has 1 saturated carbocycles. The van der Waals surface area contributed by atoms with Gasteiger partial charge in [-0.3, -0.25) is 4.79 Å². The summed E-state index contributed by atoms with van der Waals surface area (Å²) in [5.41, 5.74) is -0.221. The number of carbonyl (C=O) groups excluding carboxylic acids is 1. The second-order valence-electron chi connectivity index (χ2n) is 5.58. The summed E-state index contributed by atoms with van der Waals surface area (Å²) in [6, 6.07) is 4.70. The molecule has 4 nitrogen and oxygen atoms in total. The van der Waals surface area contributed by atoms with Crippen LogP contribution in [-0.4, -0.2) is 35.7 Å². The van der Waals surface area contributed by atoms with Crippen LogP contribution in [-0.2, 0) is 11.3 Å². The zero-order chi connectivity index (χ0) is 14.2. The van der Waals surface area contributed by atoms with Crippen molar-refractivity contribution in [3.63, 3.8) is 0 Å². The zero-order valence-corrected chi connectivity index (χ0v) is 11.3. The summed E-state index contributed by atoms with van der Waals surface area (Å²) in [5.74, 6) is 0.0757. The summed E-state index contributed by atoms with van der Waals surface area (Å²) >= 11 is 0. The first kappa shape index (κ1) is 13.4. The van der Waals surface area contributed by atoms with E-state index in [-0.39, 0.29) is 24.9 Å². The normalized spacial score (nSPS) is 20.4. The second-order valence-corrected chi connectivity index (χ2v) is 5.58. The highest BCUT2D eigenvalue weighted by atomic mass is 19.1. The Morgan fingerprint density at radius 2 is 2.25 bits per heavy atom. The van der Waals surface area contributed by atoms with E-state index in [9.17, 15) is 14.3 Å². The summed E-state index contributed by atoms with van der Waals surface area (Å²) < 4.78 is 19.4. The number of nitrogens with zero attached hydrogens (tertiary/aromatic N) is 1. The van der Waals surface area contributed by atoms with E-state index in [2.05, 4.69) is 0 Å². The topological polar surface area (TPSA) is 49.8 Å². The van der Waals surface area contributed by atoms with Crippen molar-refractivity contribution in [1.29, 1.82) is 0 Å². The highest BCUT2D eigenvalue weighted by Gasteiger charge is 2.46. The van der Waals surface area contributed by atoms with Crippen LogP contribution in [0.25, 0.3) is 0 Å². The van der Waals surface area contributed by atoms with Crippen LogP contribution in [0.15, 0.2) is 18.2 Å². The first-order chi connectivity index (χ1) is 9.66. The van der Waals surface area contributed by atoms with E-state index in [1.807, 2.05) is 0 Å². The number of rotatable bonds is 2. The highest BCUT2D eigenvalue weighted by Crippen LogP contribution is 2.42. The third-order valence-corrected chi connectivity index (χ3v) is 4.40. The van der Waals surface area contributed by atoms with E-state index in [1.54, 1.807) is 17.0 Å². The van der Waals surface area contributed by atoms with Gasteiger partial charge in [-0.1, -0.05) is 12.5 Å². The molecule has 108 valence electrons. The first-order valence-corrected chi connectivity index (χ1v) is 6.97. The average Bonchev–Trinajstić information content (AvgIpc) is 2.61. The lowest BCUT2D eigenvalue weighted by Gasteiger charge is -2.41. The minimum atomic E-state index is -0.643. The first-order valence-electron chi connectivity index (χ1n) is 6.97. The van der Waals surface area contributed by atoms with Gasteiger partial charge in [-0.25, -0.2) is 4.39 Å². The van der Waals surface area contributed by atoms with Gasteiger partial charge < -0.3 is 14.7 Å². The third-order valence-electron chi connectivity index (χ3n) is 4.40. The molecule has 1 amide bonds. The van der Waals surface area contributed by atoms with Gasteiger partial charge in [-0.05, 0) is 25.0 Å². The summed E-state index contributed by atoms with van der Waals surface area (Å²) in [6.07, 6.45) is 2.38. The minimum absolute atomic E-state index is 0.0778. The fourth-order valence-corrected chi connectivity index (χ4v) is 2.92. The maximum absolute atomic E-state index is 13.9. The van der Waals surface area contributed by atoms with Crippen molar-refractivity contribution in [1.82, 2.24) is 4.90 Å². The molecular weight excluding hydrogens is 261 g/mol. The molecule has 0 radical (unpaired) electrons. The number of amides is 1. The van der Waals surface area contributed by atoms with Crippen LogP contribution in [0.5, 0.6) is 5.75 Å². The Morgan fingerprint density at radius 3 is 2.90 bits per heavy atom. The Bertz CT molecular complexity index is 522. The van der Waals surface area contributed by atoms with E-state index in [1.165, 1.54) is 6.07 Å². The molecule has 3 rings (SSSR count). The van der Waals surface area contributed by atoms with Gasteiger partial charge in [-0.2, -0.15) is 0 Å². The molecule has 1 fully saturated rings. The molecule has 0 unspecified atom stereocenters. The summed E-state index contributed by atoms with van der Waals surface area (Å²) in [4.78, 5) is 14.2. The van der Waals surface area contributed by atoms with Gasteiger partial charge in [0.15, 0.2) is 0 Å². The number of hydrogen-bond acceptors (Lipinski definition) is 3. The molecule has 1 aromatic carbocycles. The number of halogens is 1. The molecule has 1 N–H and O–H groups in total. The molecule has 2 aliphatic rings. The molecule has 20 heavy (non-hydrogen) atoms. The van der Waals surface area contributed by atoms with Crippen molar-refractivity contribution < 1.29 is 19.0 Å². The second kappa shape index (κ2) is 5.05. The van der Waals surface area contributed by atoms with Crippen molar-refractivity contribution in [3.8, 4) is 5.75 Å². The largest absolute Gasteiger partial charge is 0.491 e. The lowest BCUT2D eigenvalue weighted by Crippen LogP contribution is -2.50. The van der Waals surface area contributed by atoms with Crippen molar-refractivity contribution in [2.75, 3.05) is 19.8 Å². The van der Waals surface area contributed by atoms with Crippen LogP contribution in [0.1, 0.15) is 24.8 Å². The Labute approximate surface area is 117 Å². The number of benzene rings is 1. The maximum atomic E-state index is 13.9. The highest BCUT2D eigenvalue weighted by molar-refractivity contribution is 5.84. The van der Waals surface area contributed by atoms with E-state index >= 15 is 0 Å². The smallest absolute Gasteiger partial charge is 0.231 e. The fourth-order valence-electron chi connectivity index (χ4n) is 2.92. The van der Waals surface area contributed by atoms with Gasteiger partial charge >= 0.3 is 0 Å². The predicted octanol–water partition coefficient (Wildman–Crippen LogP) is 1.71. The average molecular weight is 279 g/mol. The minimum Gasteiger partial charge on any atom is -0.491 e. The Balaban J connectivity index is 1.85. The number of aliphatic hydroxyl groups excluding tert-OH is 1. The molecular formula is C15H18FNO3. The Hall–Kier alpha value is -1.62. The summed E-state index contributed by atoms with van der Waals surface area (Å²) in [6.45, 7) is 0.855. The lowest BCUT2D eigenvalue weighted by atomic mass is 9.68. The number of hydrogen-bond donors (Lipinski definition) is 1. The molecule has 1 aliphatic heterocycles. The van der Waals surface area contributed by atoms with Gasteiger partial charge in [0.25, 0.3) is 0 Å². The monoisotopic (exact) mass is 279 g/mol. The van der Waals surface area contributed by atoms with Crippen LogP contribution in [0.4, 0.5) is 4.39 Å². The van der Waals surface area contributed by atoms with Crippen LogP contribution >= 0.6 is 0 Å². The number of fused-ring (bicyclic) bond motifs is 1. The molecule has 0 saturated heterocycles. The number of aliphatic hydroxyl groups is 1. The van der Waals surface area contributed by atoms with Gasteiger partial charge in [0.1, 0.15) is 18.2 Å². The van der Waals surface area contributed by atoms with Crippen molar-refractivity contribution in [2.24, 2.45) is 5.41 Å². The fraction of sp³-hybridized carbons (Fsp3) is 0.533. The van der Waals surface area contributed by atoms with Crippen LogP contribution in [0, 0.1) is 11.2 Å². The van der Waals surface area contributed by atoms with Crippen LogP contribution < -0.4 is 4.74 Å². The summed E-state index contributed by atoms with van der Waals surface area (Å²) in [7, 11) is 0. The predicted molar refractivity (Wildman–Crippen MR) is 70.7 cm³/mol. The van der Waals surface area contributed by atoms with E-state index in [4.69, 9.17) is 4.74 Å². The van der Waals surface area contributed by atoms with Gasteiger partial charge in [0, 0.05) is 5.56 Å². The molecule has 0 aromatic heterocycles. The third kappa shape index (κ3) is 2.06.